The van der Waals surface area contributed by atoms with E-state index in [-0.39, 0.29) is 11.2 Å². The molecule has 2 aromatic heterocycles. The second-order valence-corrected chi connectivity index (χ2v) is 5.19. The van der Waals surface area contributed by atoms with Crippen molar-refractivity contribution in [2.75, 3.05) is 11.4 Å². The number of carbonyl (C=O) groups excluding carboxylic acids is 1. The van der Waals surface area contributed by atoms with Crippen LogP contribution in [0, 0.1) is 11.3 Å². The minimum absolute atomic E-state index is 0.0267. The summed E-state index contributed by atoms with van der Waals surface area (Å²) in [5, 5.41) is 13.4. The number of rotatable bonds is 2. The first-order chi connectivity index (χ1) is 9.70. The molecule has 1 aliphatic heterocycles. The third-order valence-electron chi connectivity index (χ3n) is 3.09. The molecule has 0 aliphatic carbocycles. The van der Waals surface area contributed by atoms with Crippen LogP contribution in [-0.4, -0.2) is 32.5 Å². The maximum atomic E-state index is 12.0. The lowest BCUT2D eigenvalue weighted by Gasteiger charge is -2.17. The highest BCUT2D eigenvalue weighted by atomic mass is 32.1. The van der Waals surface area contributed by atoms with E-state index in [1.54, 1.807) is 23.2 Å². The first-order valence-electron chi connectivity index (χ1n) is 6.08. The van der Waals surface area contributed by atoms with Crippen LogP contribution in [0.25, 0.3) is 5.82 Å². The lowest BCUT2D eigenvalue weighted by atomic mass is 10.3. The summed E-state index contributed by atoms with van der Waals surface area (Å²) < 4.78 is 1.52. The van der Waals surface area contributed by atoms with Gasteiger partial charge in [-0.05, 0) is 12.1 Å². The van der Waals surface area contributed by atoms with Crippen LogP contribution in [0.3, 0.4) is 0 Å². The summed E-state index contributed by atoms with van der Waals surface area (Å²) in [6.07, 6.45) is 3.45. The molecule has 0 N–H and O–H groups in total. The molecule has 1 unspecified atom stereocenters. The number of nitriles is 1. The number of amides is 1. The zero-order valence-corrected chi connectivity index (χ0v) is 11.4. The lowest BCUT2D eigenvalue weighted by molar-refractivity contribution is -0.117. The molecule has 2 aromatic rings. The molecule has 100 valence electrons. The van der Waals surface area contributed by atoms with Gasteiger partial charge >= 0.3 is 0 Å². The smallest absolute Gasteiger partial charge is 0.229 e. The number of thiol groups is 1. The van der Waals surface area contributed by atoms with Crippen LogP contribution < -0.4 is 4.90 Å². The van der Waals surface area contributed by atoms with Gasteiger partial charge in [-0.15, -0.1) is 0 Å². The standard InChI is InChI=1S/C13H11N5OS/c14-6-9-7-16-18(11-3-1-2-4-15-11)13(9)17-8-10(20)5-12(17)19/h1-4,7,10,20H,5,8H2. The Morgan fingerprint density at radius 1 is 1.45 bits per heavy atom. The molecule has 0 spiro atoms. The van der Waals surface area contributed by atoms with Crippen LogP contribution in [0.2, 0.25) is 0 Å². The van der Waals surface area contributed by atoms with Crippen LogP contribution in [0.4, 0.5) is 5.82 Å². The van der Waals surface area contributed by atoms with Crippen molar-refractivity contribution in [3.8, 4) is 11.9 Å². The average molecular weight is 285 g/mol. The first kappa shape index (κ1) is 12.7. The third kappa shape index (κ3) is 2.04. The van der Waals surface area contributed by atoms with Gasteiger partial charge in [-0.2, -0.15) is 27.7 Å². The SMILES string of the molecule is N#Cc1cnn(-c2ccccn2)c1N1CC(S)CC1=O. The van der Waals surface area contributed by atoms with Gasteiger partial charge in [0.05, 0.1) is 6.20 Å². The summed E-state index contributed by atoms with van der Waals surface area (Å²) in [5.41, 5.74) is 0.353. The van der Waals surface area contributed by atoms with Crippen molar-refractivity contribution >= 4 is 24.4 Å². The van der Waals surface area contributed by atoms with E-state index in [9.17, 15) is 10.1 Å². The molecular weight excluding hydrogens is 274 g/mol. The van der Waals surface area contributed by atoms with Crippen molar-refractivity contribution in [2.45, 2.75) is 11.7 Å². The Bertz CT molecular complexity index is 691. The van der Waals surface area contributed by atoms with Gasteiger partial charge in [0.15, 0.2) is 11.6 Å². The summed E-state index contributed by atoms with van der Waals surface area (Å²) in [6.45, 7) is 0.467. The quantitative estimate of drug-likeness (QED) is 0.841. The summed E-state index contributed by atoms with van der Waals surface area (Å²) in [6, 6.07) is 7.46. The molecular formula is C13H11N5OS. The number of pyridine rings is 1. The Morgan fingerprint density at radius 3 is 2.90 bits per heavy atom. The predicted octanol–water partition coefficient (Wildman–Crippen LogP) is 1.17. The minimum Gasteiger partial charge on any atom is -0.294 e. The molecule has 0 radical (unpaired) electrons. The van der Waals surface area contributed by atoms with E-state index >= 15 is 0 Å². The summed E-state index contributed by atoms with van der Waals surface area (Å²) in [5.74, 6) is 0.978. The molecule has 0 aromatic carbocycles. The van der Waals surface area contributed by atoms with Crippen LogP contribution in [0.1, 0.15) is 12.0 Å². The Morgan fingerprint density at radius 2 is 2.30 bits per heavy atom. The second-order valence-electron chi connectivity index (χ2n) is 4.46. The van der Waals surface area contributed by atoms with Gasteiger partial charge in [0.25, 0.3) is 0 Å². The maximum Gasteiger partial charge on any atom is 0.229 e. The van der Waals surface area contributed by atoms with Gasteiger partial charge in [0.1, 0.15) is 11.6 Å². The highest BCUT2D eigenvalue weighted by Gasteiger charge is 2.33. The molecule has 6 nitrogen and oxygen atoms in total. The second kappa shape index (κ2) is 4.98. The molecule has 1 atom stereocenters. The van der Waals surface area contributed by atoms with Crippen LogP contribution >= 0.6 is 12.6 Å². The predicted molar refractivity (Wildman–Crippen MR) is 75.8 cm³/mol. The van der Waals surface area contributed by atoms with E-state index in [0.717, 1.165) is 0 Å². The van der Waals surface area contributed by atoms with Crippen molar-refractivity contribution in [1.82, 2.24) is 14.8 Å². The molecule has 7 heteroatoms. The van der Waals surface area contributed by atoms with E-state index in [0.29, 0.717) is 30.2 Å². The summed E-state index contributed by atoms with van der Waals surface area (Å²) in [7, 11) is 0. The van der Waals surface area contributed by atoms with E-state index in [4.69, 9.17) is 0 Å². The van der Waals surface area contributed by atoms with Gasteiger partial charge in [0, 0.05) is 24.4 Å². The van der Waals surface area contributed by atoms with Crippen molar-refractivity contribution in [3.05, 3.63) is 36.2 Å². The summed E-state index contributed by atoms with van der Waals surface area (Å²) >= 11 is 4.34. The topological polar surface area (TPSA) is 74.8 Å². The maximum absolute atomic E-state index is 12.0. The largest absolute Gasteiger partial charge is 0.294 e. The fourth-order valence-electron chi connectivity index (χ4n) is 2.22. The Labute approximate surface area is 121 Å². The zero-order chi connectivity index (χ0) is 14.1. The first-order valence-corrected chi connectivity index (χ1v) is 6.60. The molecule has 3 heterocycles. The van der Waals surface area contributed by atoms with Crippen LogP contribution in [0.15, 0.2) is 30.6 Å². The van der Waals surface area contributed by atoms with E-state index in [1.807, 2.05) is 6.07 Å². The van der Waals surface area contributed by atoms with Crippen molar-refractivity contribution < 1.29 is 4.79 Å². The number of nitrogens with zero attached hydrogens (tertiary/aromatic N) is 5. The molecule has 1 fully saturated rings. The number of hydrogen-bond donors (Lipinski definition) is 1. The molecule has 0 bridgehead atoms. The Kier molecular flexibility index (Phi) is 3.16. The molecule has 1 saturated heterocycles. The zero-order valence-electron chi connectivity index (χ0n) is 10.5. The number of anilines is 1. The van der Waals surface area contributed by atoms with E-state index < -0.39 is 0 Å². The number of hydrogen-bond acceptors (Lipinski definition) is 5. The van der Waals surface area contributed by atoms with Crippen molar-refractivity contribution in [3.63, 3.8) is 0 Å². The molecule has 1 amide bonds. The van der Waals surface area contributed by atoms with Gasteiger partial charge < -0.3 is 0 Å². The van der Waals surface area contributed by atoms with Gasteiger partial charge in [-0.1, -0.05) is 6.07 Å². The minimum atomic E-state index is -0.0563. The fourth-order valence-corrected chi connectivity index (χ4v) is 2.54. The average Bonchev–Trinajstić information content (AvgIpc) is 3.02. The highest BCUT2D eigenvalue weighted by Crippen LogP contribution is 2.28. The number of aromatic nitrogens is 3. The van der Waals surface area contributed by atoms with E-state index in [2.05, 4.69) is 28.8 Å². The van der Waals surface area contributed by atoms with E-state index in [1.165, 1.54) is 10.9 Å². The Hall–Kier alpha value is -2.33. The van der Waals surface area contributed by atoms with Crippen molar-refractivity contribution in [1.29, 1.82) is 5.26 Å². The molecule has 20 heavy (non-hydrogen) atoms. The molecule has 0 saturated carbocycles. The molecule has 3 rings (SSSR count). The highest BCUT2D eigenvalue weighted by molar-refractivity contribution is 7.81. The number of carbonyl (C=O) groups is 1. The summed E-state index contributed by atoms with van der Waals surface area (Å²) in [4.78, 5) is 17.8. The third-order valence-corrected chi connectivity index (χ3v) is 3.44. The molecule has 1 aliphatic rings. The van der Waals surface area contributed by atoms with Crippen LogP contribution in [0.5, 0.6) is 0 Å². The normalized spacial score (nSPS) is 18.3. The van der Waals surface area contributed by atoms with Gasteiger partial charge in [-0.3, -0.25) is 9.69 Å². The monoisotopic (exact) mass is 285 g/mol. The van der Waals surface area contributed by atoms with Gasteiger partial charge in [0.2, 0.25) is 5.91 Å². The van der Waals surface area contributed by atoms with Crippen LogP contribution in [-0.2, 0) is 4.79 Å². The lowest BCUT2D eigenvalue weighted by Crippen LogP contribution is -2.28. The van der Waals surface area contributed by atoms with Gasteiger partial charge in [-0.25, -0.2) is 4.98 Å². The fraction of sp³-hybridized carbons (Fsp3) is 0.231. The Balaban J connectivity index is 2.12. The van der Waals surface area contributed by atoms with Crippen molar-refractivity contribution in [2.24, 2.45) is 0 Å².